The lowest BCUT2D eigenvalue weighted by Gasteiger charge is -2.37. The zero-order valence-electron chi connectivity index (χ0n) is 36.8. The van der Waals surface area contributed by atoms with E-state index in [1.807, 2.05) is 31.3 Å². The molecule has 324 valence electrons. The van der Waals surface area contributed by atoms with Crippen LogP contribution >= 0.6 is 0 Å². The Balaban J connectivity index is 1.38. The summed E-state index contributed by atoms with van der Waals surface area (Å²) in [6.45, 7) is 4.65. The molecule has 2 saturated carbocycles. The molecule has 0 saturated heterocycles. The molecule has 1 heterocycles. The molecule has 3 rings (SSSR count). The number of allylic oxidation sites excluding steroid dienone is 5. The monoisotopic (exact) mass is 795 g/mol. The summed E-state index contributed by atoms with van der Waals surface area (Å²) in [4.78, 5) is 45.5. The van der Waals surface area contributed by atoms with Gasteiger partial charge in [0, 0.05) is 31.2 Å². The largest absolute Gasteiger partial charge is 0.465 e. The minimum atomic E-state index is -0.484. The second-order valence-electron chi connectivity index (χ2n) is 17.6. The molecule has 8 nitrogen and oxygen atoms in total. The lowest BCUT2D eigenvalue weighted by Crippen LogP contribution is -2.39. The van der Waals surface area contributed by atoms with Crippen LogP contribution in [0.2, 0.25) is 0 Å². The second-order valence-corrected chi connectivity index (χ2v) is 17.6. The van der Waals surface area contributed by atoms with Gasteiger partial charge in [0.2, 0.25) is 0 Å². The SMILES string of the molecule is CCCCC/C=C\C/C=C\CCCCCCCC(=O)OCC(COC(=O)C1CCC(C2CCC(CCCCC)CC2)CC1)COC(=O)[C@H](CC1=CCC=N1)N(C)C. The number of ether oxygens (including phenoxy) is 3. The number of carbonyl (C=O) groups is 3. The summed E-state index contributed by atoms with van der Waals surface area (Å²) < 4.78 is 17.4. The van der Waals surface area contributed by atoms with Crippen LogP contribution in [0.1, 0.15) is 181 Å². The van der Waals surface area contributed by atoms with E-state index in [0.29, 0.717) is 12.8 Å². The Morgan fingerprint density at radius 3 is 1.96 bits per heavy atom. The van der Waals surface area contributed by atoms with E-state index in [1.165, 1.54) is 83.5 Å². The first-order chi connectivity index (χ1) is 27.8. The van der Waals surface area contributed by atoms with Crippen LogP contribution in [0.25, 0.3) is 0 Å². The van der Waals surface area contributed by atoms with Gasteiger partial charge >= 0.3 is 17.9 Å². The Bertz CT molecular complexity index is 1220. The Kier molecular flexibility index (Phi) is 25.9. The number of rotatable bonds is 30. The Hall–Kier alpha value is -2.74. The molecule has 2 fully saturated rings. The molecule has 2 atom stereocenters. The van der Waals surface area contributed by atoms with Crippen molar-refractivity contribution in [1.82, 2.24) is 4.90 Å². The van der Waals surface area contributed by atoms with Gasteiger partial charge in [0.1, 0.15) is 25.9 Å². The number of nitrogens with zero attached hydrogens (tertiary/aromatic N) is 2. The first kappa shape index (κ1) is 48.6. The van der Waals surface area contributed by atoms with E-state index >= 15 is 0 Å². The van der Waals surface area contributed by atoms with Gasteiger partial charge in [0.15, 0.2) is 0 Å². The molecular formula is C49H82N2O6. The normalized spacial score (nSPS) is 22.2. The minimum Gasteiger partial charge on any atom is -0.465 e. The van der Waals surface area contributed by atoms with Crippen molar-refractivity contribution < 1.29 is 28.6 Å². The Labute approximate surface area is 348 Å². The van der Waals surface area contributed by atoms with Crippen LogP contribution < -0.4 is 0 Å². The summed E-state index contributed by atoms with van der Waals surface area (Å²) in [5.74, 6) is 1.16. The van der Waals surface area contributed by atoms with Crippen LogP contribution in [-0.2, 0) is 28.6 Å². The number of aliphatic imine (C=N–C) groups is 1. The highest BCUT2D eigenvalue weighted by Gasteiger charge is 2.34. The summed E-state index contributed by atoms with van der Waals surface area (Å²) in [5, 5.41) is 0. The van der Waals surface area contributed by atoms with Crippen LogP contribution in [-0.4, -0.2) is 69.0 Å². The first-order valence-corrected chi connectivity index (χ1v) is 23.5. The first-order valence-electron chi connectivity index (χ1n) is 23.5. The van der Waals surface area contributed by atoms with Crippen LogP contribution in [0, 0.1) is 29.6 Å². The molecule has 0 aromatic carbocycles. The summed E-state index contributed by atoms with van der Waals surface area (Å²) in [7, 11) is 3.71. The van der Waals surface area contributed by atoms with Crippen LogP contribution in [0.15, 0.2) is 41.1 Å². The van der Waals surface area contributed by atoms with Crippen molar-refractivity contribution in [2.24, 2.45) is 34.6 Å². The zero-order valence-corrected chi connectivity index (χ0v) is 36.8. The molecular weight excluding hydrogens is 713 g/mol. The van der Waals surface area contributed by atoms with Crippen LogP contribution in [0.3, 0.4) is 0 Å². The van der Waals surface area contributed by atoms with E-state index in [0.717, 1.165) is 94.1 Å². The van der Waals surface area contributed by atoms with Crippen molar-refractivity contribution in [3.05, 3.63) is 36.1 Å². The number of esters is 3. The predicted octanol–water partition coefficient (Wildman–Crippen LogP) is 11.9. The minimum absolute atomic E-state index is 0.0175. The molecule has 0 aromatic heterocycles. The Morgan fingerprint density at radius 2 is 1.32 bits per heavy atom. The van der Waals surface area contributed by atoms with Gasteiger partial charge in [-0.1, -0.05) is 115 Å². The van der Waals surface area contributed by atoms with Crippen LogP contribution in [0.5, 0.6) is 0 Å². The van der Waals surface area contributed by atoms with Crippen molar-refractivity contribution in [1.29, 1.82) is 0 Å². The van der Waals surface area contributed by atoms with Gasteiger partial charge in [-0.15, -0.1) is 0 Å². The van der Waals surface area contributed by atoms with Gasteiger partial charge in [0.25, 0.3) is 0 Å². The average Bonchev–Trinajstić information content (AvgIpc) is 3.75. The van der Waals surface area contributed by atoms with Gasteiger partial charge in [0.05, 0.1) is 11.8 Å². The smallest absolute Gasteiger partial charge is 0.323 e. The van der Waals surface area contributed by atoms with Gasteiger partial charge < -0.3 is 14.2 Å². The lowest BCUT2D eigenvalue weighted by molar-refractivity contribution is -0.158. The molecule has 57 heavy (non-hydrogen) atoms. The predicted molar refractivity (Wildman–Crippen MR) is 234 cm³/mol. The van der Waals surface area contributed by atoms with E-state index in [9.17, 15) is 14.4 Å². The fraction of sp³-hybridized carbons (Fsp3) is 0.796. The number of unbranched alkanes of at least 4 members (excludes halogenated alkanes) is 10. The molecule has 0 amide bonds. The Morgan fingerprint density at radius 1 is 0.719 bits per heavy atom. The van der Waals surface area contributed by atoms with E-state index in [4.69, 9.17) is 14.2 Å². The molecule has 2 aliphatic carbocycles. The number of hydrogen-bond acceptors (Lipinski definition) is 8. The standard InChI is InChI=1S/C49H82N2O6/c1-5-7-9-10-11-12-13-14-15-16-17-18-19-20-22-26-47(52)55-37-41(39-57-49(54)46(51(3)4)36-45-25-23-35-50-45)38-56-48(53)44-33-31-43(32-34-44)42-29-27-40(28-30-42)24-21-8-6-2/h11-12,14-15,25,35,40-44,46H,5-10,13,16-24,26-34,36-39H2,1-4H3/b12-11-,15-14-/t40?,41?,42?,43?,44?,46-/m0/s1. The van der Waals surface area contributed by atoms with Gasteiger partial charge in [-0.3, -0.25) is 24.3 Å². The van der Waals surface area contributed by atoms with E-state index in [2.05, 4.69) is 43.1 Å². The third-order valence-corrected chi connectivity index (χ3v) is 12.6. The summed E-state index contributed by atoms with van der Waals surface area (Å²) in [6.07, 6.45) is 41.8. The maximum Gasteiger partial charge on any atom is 0.323 e. The van der Waals surface area contributed by atoms with Crippen molar-refractivity contribution in [3.63, 3.8) is 0 Å². The molecule has 0 radical (unpaired) electrons. The number of carbonyl (C=O) groups excluding carboxylic acids is 3. The lowest BCUT2D eigenvalue weighted by atomic mass is 9.68. The van der Waals surface area contributed by atoms with Crippen molar-refractivity contribution >= 4 is 24.1 Å². The maximum absolute atomic E-state index is 13.3. The molecule has 0 bridgehead atoms. The third kappa shape index (κ3) is 21.2. The van der Waals surface area contributed by atoms with Crippen molar-refractivity contribution in [3.8, 4) is 0 Å². The summed E-state index contributed by atoms with van der Waals surface area (Å²) in [5.41, 5.74) is 0.878. The van der Waals surface area contributed by atoms with Crippen molar-refractivity contribution in [2.75, 3.05) is 33.9 Å². The number of likely N-dealkylation sites (N-methyl/N-ethyl adjacent to an activating group) is 1. The summed E-state index contributed by atoms with van der Waals surface area (Å²) in [6, 6.07) is -0.484. The van der Waals surface area contributed by atoms with Gasteiger partial charge in [-0.25, -0.2) is 0 Å². The number of hydrogen-bond donors (Lipinski definition) is 0. The highest BCUT2D eigenvalue weighted by molar-refractivity contribution is 5.76. The molecule has 0 N–H and O–H groups in total. The van der Waals surface area contributed by atoms with Crippen molar-refractivity contribution in [2.45, 2.75) is 187 Å². The molecule has 8 heteroatoms. The zero-order chi connectivity index (χ0) is 40.9. The molecule has 0 aromatic rings. The van der Waals surface area contributed by atoms with E-state index < -0.39 is 12.0 Å². The second kappa shape index (κ2) is 30.3. The van der Waals surface area contributed by atoms with E-state index in [1.54, 1.807) is 0 Å². The quantitative estimate of drug-likeness (QED) is 0.0309. The maximum atomic E-state index is 13.3. The molecule has 3 aliphatic rings. The molecule has 1 unspecified atom stereocenters. The van der Waals surface area contributed by atoms with Gasteiger partial charge in [-0.05, 0) is 109 Å². The van der Waals surface area contributed by atoms with E-state index in [-0.39, 0.29) is 43.6 Å². The average molecular weight is 795 g/mol. The molecule has 0 spiro atoms. The topological polar surface area (TPSA) is 94.5 Å². The fourth-order valence-corrected chi connectivity index (χ4v) is 8.80. The highest BCUT2D eigenvalue weighted by atomic mass is 16.6. The third-order valence-electron chi connectivity index (χ3n) is 12.6. The fourth-order valence-electron chi connectivity index (χ4n) is 8.80. The highest BCUT2D eigenvalue weighted by Crippen LogP contribution is 2.42. The molecule has 1 aliphatic heterocycles. The van der Waals surface area contributed by atoms with Crippen LogP contribution in [0.4, 0.5) is 0 Å². The summed E-state index contributed by atoms with van der Waals surface area (Å²) >= 11 is 0. The van der Waals surface area contributed by atoms with Gasteiger partial charge in [-0.2, -0.15) is 0 Å².